The highest BCUT2D eigenvalue weighted by atomic mass is 32.2. The number of rotatable bonds is 5. The van der Waals surface area contributed by atoms with E-state index in [-0.39, 0.29) is 0 Å². The van der Waals surface area contributed by atoms with Gasteiger partial charge in [0.1, 0.15) is 9.84 Å². The predicted octanol–water partition coefficient (Wildman–Crippen LogP) is 0.493. The van der Waals surface area contributed by atoms with Crippen LogP contribution in [0.2, 0.25) is 0 Å². The van der Waals surface area contributed by atoms with Crippen LogP contribution in [0.5, 0.6) is 0 Å². The molecule has 0 bridgehead atoms. The van der Waals surface area contributed by atoms with Gasteiger partial charge in [-0.15, -0.1) is 0 Å². The average molecular weight is 272 g/mol. The number of sulfone groups is 1. The molecule has 3 aliphatic rings. The van der Waals surface area contributed by atoms with E-state index in [2.05, 4.69) is 10.2 Å². The van der Waals surface area contributed by atoms with Crippen molar-refractivity contribution in [2.45, 2.75) is 37.8 Å². The van der Waals surface area contributed by atoms with Gasteiger partial charge in [0.05, 0.1) is 5.75 Å². The Kier molecular flexibility index (Phi) is 3.41. The molecule has 2 unspecified atom stereocenters. The van der Waals surface area contributed by atoms with E-state index in [0.717, 1.165) is 31.5 Å². The van der Waals surface area contributed by atoms with Crippen molar-refractivity contribution >= 4 is 9.84 Å². The third-order valence-corrected chi connectivity index (χ3v) is 5.52. The second kappa shape index (κ2) is 4.76. The van der Waals surface area contributed by atoms with E-state index in [0.29, 0.717) is 17.8 Å². The van der Waals surface area contributed by atoms with Gasteiger partial charge in [-0.05, 0) is 37.5 Å². The van der Waals surface area contributed by atoms with Crippen LogP contribution in [-0.2, 0) is 9.84 Å². The van der Waals surface area contributed by atoms with Gasteiger partial charge in [0.25, 0.3) is 0 Å². The maximum Gasteiger partial charge on any atom is 0.148 e. The number of hydrogen-bond acceptors (Lipinski definition) is 4. The van der Waals surface area contributed by atoms with Crippen LogP contribution in [0.1, 0.15) is 25.7 Å². The molecule has 5 heteroatoms. The summed E-state index contributed by atoms with van der Waals surface area (Å²) in [6.45, 7) is 2.85. The average Bonchev–Trinajstić information content (AvgIpc) is 3.16. The van der Waals surface area contributed by atoms with Crippen molar-refractivity contribution in [1.29, 1.82) is 0 Å². The monoisotopic (exact) mass is 272 g/mol. The van der Waals surface area contributed by atoms with E-state index in [9.17, 15) is 8.42 Å². The van der Waals surface area contributed by atoms with Crippen LogP contribution < -0.4 is 5.32 Å². The molecule has 0 amide bonds. The predicted molar refractivity (Wildman–Crippen MR) is 72.3 cm³/mol. The highest BCUT2D eigenvalue weighted by Gasteiger charge is 2.42. The Balaban J connectivity index is 1.60. The van der Waals surface area contributed by atoms with Crippen molar-refractivity contribution in [3.63, 3.8) is 0 Å². The van der Waals surface area contributed by atoms with Gasteiger partial charge in [-0.1, -0.05) is 0 Å². The molecule has 1 N–H and O–H groups in total. The molecular formula is C13H24N2O2S. The Hall–Kier alpha value is -0.130. The molecule has 18 heavy (non-hydrogen) atoms. The van der Waals surface area contributed by atoms with Gasteiger partial charge < -0.3 is 5.32 Å². The van der Waals surface area contributed by atoms with Crippen LogP contribution in [-0.4, -0.2) is 57.0 Å². The first-order valence-corrected chi connectivity index (χ1v) is 9.24. The summed E-state index contributed by atoms with van der Waals surface area (Å²) >= 11 is 0. The summed E-state index contributed by atoms with van der Waals surface area (Å²) in [5, 5.41) is 3.69. The molecule has 3 fully saturated rings. The summed E-state index contributed by atoms with van der Waals surface area (Å²) in [5.41, 5.74) is 0. The number of piperazine rings is 1. The quantitative estimate of drug-likeness (QED) is 0.791. The highest BCUT2D eigenvalue weighted by Crippen LogP contribution is 2.39. The van der Waals surface area contributed by atoms with Gasteiger partial charge in [-0.3, -0.25) is 4.90 Å². The number of nitrogens with one attached hydrogen (secondary N) is 1. The molecule has 0 radical (unpaired) electrons. The van der Waals surface area contributed by atoms with Crippen molar-refractivity contribution in [3.8, 4) is 0 Å². The van der Waals surface area contributed by atoms with Gasteiger partial charge in [0.2, 0.25) is 0 Å². The van der Waals surface area contributed by atoms with Gasteiger partial charge in [-0.2, -0.15) is 0 Å². The van der Waals surface area contributed by atoms with Crippen molar-refractivity contribution in [2.24, 2.45) is 11.8 Å². The maximum atomic E-state index is 11.4. The summed E-state index contributed by atoms with van der Waals surface area (Å²) in [5.74, 6) is 1.98. The Labute approximate surface area is 110 Å². The zero-order valence-electron chi connectivity index (χ0n) is 11.1. The molecule has 1 saturated heterocycles. The fourth-order valence-corrected chi connectivity index (χ4v) is 3.72. The van der Waals surface area contributed by atoms with Crippen LogP contribution in [0.15, 0.2) is 0 Å². The first kappa shape index (κ1) is 12.9. The Morgan fingerprint density at radius 1 is 1.17 bits per heavy atom. The summed E-state index contributed by atoms with van der Waals surface area (Å²) in [4.78, 5) is 2.46. The van der Waals surface area contributed by atoms with E-state index >= 15 is 0 Å². The molecule has 3 rings (SSSR count). The molecule has 2 atom stereocenters. The first-order chi connectivity index (χ1) is 8.53. The number of nitrogens with zero attached hydrogens (tertiary/aromatic N) is 1. The van der Waals surface area contributed by atoms with E-state index in [1.54, 1.807) is 0 Å². The van der Waals surface area contributed by atoms with E-state index in [1.807, 2.05) is 0 Å². The minimum absolute atomic E-state index is 0.313. The molecule has 0 aromatic rings. The van der Waals surface area contributed by atoms with Crippen molar-refractivity contribution in [1.82, 2.24) is 10.2 Å². The van der Waals surface area contributed by atoms with Gasteiger partial charge in [0.15, 0.2) is 0 Å². The topological polar surface area (TPSA) is 49.4 Å². The summed E-state index contributed by atoms with van der Waals surface area (Å²) in [6, 6.07) is 1.20. The van der Waals surface area contributed by atoms with Crippen molar-refractivity contribution in [3.05, 3.63) is 0 Å². The molecular weight excluding hydrogens is 248 g/mol. The lowest BCUT2D eigenvalue weighted by Gasteiger charge is -2.41. The molecule has 2 saturated carbocycles. The zero-order valence-corrected chi connectivity index (χ0v) is 12.0. The molecule has 0 aromatic heterocycles. The third kappa shape index (κ3) is 3.25. The van der Waals surface area contributed by atoms with Crippen LogP contribution in [0.3, 0.4) is 0 Å². The van der Waals surface area contributed by atoms with Crippen LogP contribution >= 0.6 is 0 Å². The molecule has 1 aliphatic heterocycles. The van der Waals surface area contributed by atoms with Crippen molar-refractivity contribution in [2.75, 3.05) is 31.6 Å². The molecule has 2 aliphatic carbocycles. The Bertz CT molecular complexity index is 401. The van der Waals surface area contributed by atoms with E-state index in [4.69, 9.17) is 0 Å². The minimum atomic E-state index is -2.84. The van der Waals surface area contributed by atoms with E-state index < -0.39 is 9.84 Å². The molecule has 0 aromatic carbocycles. The van der Waals surface area contributed by atoms with Crippen LogP contribution in [0.4, 0.5) is 0 Å². The molecule has 4 nitrogen and oxygen atoms in total. The maximum absolute atomic E-state index is 11.4. The fourth-order valence-electron chi connectivity index (χ4n) is 3.15. The second-order valence-corrected chi connectivity index (χ2v) is 8.64. The van der Waals surface area contributed by atoms with Gasteiger partial charge >= 0.3 is 0 Å². The fraction of sp³-hybridized carbons (Fsp3) is 1.00. The van der Waals surface area contributed by atoms with Crippen LogP contribution in [0, 0.1) is 11.8 Å². The molecule has 0 spiro atoms. The Morgan fingerprint density at radius 2 is 1.83 bits per heavy atom. The summed E-state index contributed by atoms with van der Waals surface area (Å²) < 4.78 is 22.7. The first-order valence-electron chi connectivity index (χ1n) is 7.18. The summed E-state index contributed by atoms with van der Waals surface area (Å²) in [6.07, 6.45) is 6.71. The van der Waals surface area contributed by atoms with E-state index in [1.165, 1.54) is 31.9 Å². The lowest BCUT2D eigenvalue weighted by atomic mass is 10.0. The zero-order chi connectivity index (χ0) is 12.8. The normalized spacial score (nSPS) is 34.7. The molecule has 104 valence electrons. The smallest absolute Gasteiger partial charge is 0.148 e. The lowest BCUT2D eigenvalue weighted by molar-refractivity contribution is 0.115. The van der Waals surface area contributed by atoms with Gasteiger partial charge in [0, 0.05) is 38.0 Å². The van der Waals surface area contributed by atoms with Crippen LogP contribution in [0.25, 0.3) is 0 Å². The molecule has 1 heterocycles. The second-order valence-electron chi connectivity index (χ2n) is 6.38. The largest absolute Gasteiger partial charge is 0.311 e. The highest BCUT2D eigenvalue weighted by molar-refractivity contribution is 7.90. The standard InChI is InChI=1S/C13H24N2O2S/c1-18(16,17)7-6-15-9-12(10-2-3-10)14-8-13(15)11-4-5-11/h10-14H,2-9H2,1H3. The van der Waals surface area contributed by atoms with Crippen molar-refractivity contribution < 1.29 is 8.42 Å². The SMILES string of the molecule is CS(=O)(=O)CCN1CC(C2CC2)NCC1C1CC1. The lowest BCUT2D eigenvalue weighted by Crippen LogP contribution is -2.58. The third-order valence-electron chi connectivity index (χ3n) is 4.60. The minimum Gasteiger partial charge on any atom is -0.311 e. The van der Waals surface area contributed by atoms with Gasteiger partial charge in [-0.25, -0.2) is 8.42 Å². The number of hydrogen-bond donors (Lipinski definition) is 1. The Morgan fingerprint density at radius 3 is 2.39 bits per heavy atom. The summed E-state index contributed by atoms with van der Waals surface area (Å²) in [7, 11) is -2.84.